The smallest absolute Gasteiger partial charge is 0.227 e. The van der Waals surface area contributed by atoms with Crippen molar-refractivity contribution in [3.05, 3.63) is 41.0 Å². The zero-order valence-corrected chi connectivity index (χ0v) is 23.1. The van der Waals surface area contributed by atoms with Gasteiger partial charge < -0.3 is 14.3 Å². The van der Waals surface area contributed by atoms with Crippen LogP contribution < -0.4 is 0 Å². The van der Waals surface area contributed by atoms with Crippen LogP contribution in [0, 0.1) is 0 Å². The molecule has 204 valence electrons. The molecule has 0 spiro atoms. The molecular weight excluding hydrogens is 500 g/mol. The predicted octanol–water partition coefficient (Wildman–Crippen LogP) is 4.07. The van der Waals surface area contributed by atoms with Crippen LogP contribution in [0.25, 0.3) is 10.2 Å². The second-order valence-corrected chi connectivity index (χ2v) is 11.6. The molecule has 0 atom stereocenters. The number of carbonyl (C=O) groups excluding carboxylic acids is 2. The van der Waals surface area contributed by atoms with Crippen LogP contribution in [0.1, 0.15) is 68.1 Å². The van der Waals surface area contributed by atoms with E-state index in [4.69, 9.17) is 4.52 Å². The monoisotopic (exact) mass is 538 g/mol. The van der Waals surface area contributed by atoms with Crippen molar-refractivity contribution in [3.8, 4) is 0 Å². The van der Waals surface area contributed by atoms with Gasteiger partial charge in [-0.3, -0.25) is 14.5 Å². The normalized spacial score (nSPS) is 17.2. The molecule has 1 aromatic carbocycles. The molecule has 2 fully saturated rings. The van der Waals surface area contributed by atoms with E-state index in [9.17, 15) is 9.59 Å². The SMILES string of the molecule is CN(C(=O)CCc1nc(CN2CCN(C(=O)CCCc3nc4ccccc4s3)CC2)no1)C1CCCCC1. The molecular formula is C28H38N6O3S. The molecule has 2 aliphatic rings. The summed E-state index contributed by atoms with van der Waals surface area (Å²) in [5.74, 6) is 1.53. The van der Waals surface area contributed by atoms with E-state index in [2.05, 4.69) is 26.1 Å². The Morgan fingerprint density at radius 3 is 2.61 bits per heavy atom. The number of aromatic nitrogens is 3. The third-order valence-electron chi connectivity index (χ3n) is 7.79. The van der Waals surface area contributed by atoms with Gasteiger partial charge in [-0.1, -0.05) is 36.6 Å². The largest absolute Gasteiger partial charge is 0.343 e. The molecule has 0 bridgehead atoms. The second-order valence-electron chi connectivity index (χ2n) is 10.5. The molecule has 2 amide bonds. The van der Waals surface area contributed by atoms with E-state index in [1.165, 1.54) is 24.0 Å². The first kappa shape index (κ1) is 26.7. The summed E-state index contributed by atoms with van der Waals surface area (Å²) in [5, 5.41) is 5.22. The quantitative estimate of drug-likeness (QED) is 0.384. The number of piperazine rings is 1. The highest BCUT2D eigenvalue weighted by Crippen LogP contribution is 2.24. The number of hydrogen-bond donors (Lipinski definition) is 0. The van der Waals surface area contributed by atoms with E-state index in [1.54, 1.807) is 11.3 Å². The first-order valence-corrected chi connectivity index (χ1v) is 14.8. The highest BCUT2D eigenvalue weighted by atomic mass is 32.1. The van der Waals surface area contributed by atoms with Crippen LogP contribution in [0.5, 0.6) is 0 Å². The minimum absolute atomic E-state index is 0.150. The molecule has 0 radical (unpaired) electrons. The van der Waals surface area contributed by atoms with Crippen LogP contribution in [0.4, 0.5) is 0 Å². The lowest BCUT2D eigenvalue weighted by Crippen LogP contribution is -2.48. The number of thiazole rings is 1. The number of nitrogens with zero attached hydrogens (tertiary/aromatic N) is 6. The molecule has 38 heavy (non-hydrogen) atoms. The topological polar surface area (TPSA) is 95.7 Å². The lowest BCUT2D eigenvalue weighted by molar-refractivity contribution is -0.133. The predicted molar refractivity (Wildman–Crippen MR) is 147 cm³/mol. The summed E-state index contributed by atoms with van der Waals surface area (Å²) < 4.78 is 6.62. The highest BCUT2D eigenvalue weighted by molar-refractivity contribution is 7.18. The first-order chi connectivity index (χ1) is 18.5. The standard InChI is InChI=1S/C28H38N6O3S/c1-32(21-8-3-2-4-9-21)27(35)15-14-25-30-24(31-37-25)20-33-16-18-34(19-17-33)28(36)13-7-12-26-29-22-10-5-6-11-23(22)38-26/h5-6,10-11,21H,2-4,7-9,12-20H2,1H3. The van der Waals surface area contributed by atoms with Crippen LogP contribution in [-0.4, -0.2) is 80.9 Å². The second kappa shape index (κ2) is 12.8. The van der Waals surface area contributed by atoms with Crippen molar-refractivity contribution < 1.29 is 14.1 Å². The van der Waals surface area contributed by atoms with Crippen molar-refractivity contribution in [2.24, 2.45) is 0 Å². The van der Waals surface area contributed by atoms with Gasteiger partial charge in [0.2, 0.25) is 17.7 Å². The molecule has 3 aromatic rings. The lowest BCUT2D eigenvalue weighted by atomic mass is 9.94. The number of amides is 2. The molecule has 1 saturated carbocycles. The Bertz CT molecular complexity index is 1180. The Morgan fingerprint density at radius 1 is 1.03 bits per heavy atom. The minimum Gasteiger partial charge on any atom is -0.343 e. The Balaban J connectivity index is 0.991. The first-order valence-electron chi connectivity index (χ1n) is 14.0. The number of fused-ring (bicyclic) bond motifs is 1. The van der Waals surface area contributed by atoms with Gasteiger partial charge in [-0.05, 0) is 37.8 Å². The lowest BCUT2D eigenvalue weighted by Gasteiger charge is -2.34. The van der Waals surface area contributed by atoms with Gasteiger partial charge >= 0.3 is 0 Å². The minimum atomic E-state index is 0.150. The zero-order valence-electron chi connectivity index (χ0n) is 22.3. The van der Waals surface area contributed by atoms with Gasteiger partial charge in [0.05, 0.1) is 21.8 Å². The number of hydrogen-bond acceptors (Lipinski definition) is 8. The molecule has 1 saturated heterocycles. The fourth-order valence-electron chi connectivity index (χ4n) is 5.45. The van der Waals surface area contributed by atoms with Crippen LogP contribution >= 0.6 is 11.3 Å². The number of para-hydroxylation sites is 1. The average molecular weight is 539 g/mol. The third-order valence-corrected chi connectivity index (χ3v) is 8.88. The van der Waals surface area contributed by atoms with Crippen molar-refractivity contribution in [1.29, 1.82) is 0 Å². The van der Waals surface area contributed by atoms with E-state index in [1.807, 2.05) is 35.0 Å². The van der Waals surface area contributed by atoms with Gasteiger partial charge in [-0.15, -0.1) is 11.3 Å². The Labute approximate surface area is 228 Å². The van der Waals surface area contributed by atoms with Gasteiger partial charge in [-0.25, -0.2) is 4.98 Å². The summed E-state index contributed by atoms with van der Waals surface area (Å²) in [5.41, 5.74) is 1.04. The van der Waals surface area contributed by atoms with Crippen LogP contribution in [-0.2, 0) is 29.0 Å². The molecule has 1 aliphatic carbocycles. The molecule has 2 aromatic heterocycles. The number of benzene rings is 1. The Kier molecular flexibility index (Phi) is 9.01. The number of rotatable bonds is 10. The molecule has 5 rings (SSSR count). The van der Waals surface area contributed by atoms with Crippen molar-refractivity contribution in [2.75, 3.05) is 33.2 Å². The van der Waals surface area contributed by atoms with Crippen molar-refractivity contribution in [2.45, 2.75) is 76.8 Å². The maximum absolute atomic E-state index is 12.7. The van der Waals surface area contributed by atoms with Gasteiger partial charge in [0.25, 0.3) is 0 Å². The summed E-state index contributed by atoms with van der Waals surface area (Å²) in [7, 11) is 1.92. The third kappa shape index (κ3) is 6.96. The van der Waals surface area contributed by atoms with E-state index < -0.39 is 0 Å². The van der Waals surface area contributed by atoms with Gasteiger partial charge in [0, 0.05) is 58.5 Å². The summed E-state index contributed by atoms with van der Waals surface area (Å²) in [6, 6.07) is 8.54. The van der Waals surface area contributed by atoms with Crippen molar-refractivity contribution in [1.82, 2.24) is 29.8 Å². The van der Waals surface area contributed by atoms with Crippen molar-refractivity contribution >= 4 is 33.4 Å². The molecule has 0 unspecified atom stereocenters. The van der Waals surface area contributed by atoms with Crippen molar-refractivity contribution in [3.63, 3.8) is 0 Å². The molecule has 1 aliphatic heterocycles. The summed E-state index contributed by atoms with van der Waals surface area (Å²) in [6.07, 6.45) is 9.00. The number of carbonyl (C=O) groups is 2. The highest BCUT2D eigenvalue weighted by Gasteiger charge is 2.24. The zero-order chi connectivity index (χ0) is 26.3. The van der Waals surface area contributed by atoms with E-state index in [-0.39, 0.29) is 11.8 Å². The number of aryl methyl sites for hydroxylation is 2. The fraction of sp³-hybridized carbons (Fsp3) is 0.607. The van der Waals surface area contributed by atoms with E-state index >= 15 is 0 Å². The van der Waals surface area contributed by atoms with Gasteiger partial charge in [-0.2, -0.15) is 4.98 Å². The summed E-state index contributed by atoms with van der Waals surface area (Å²) in [6.45, 7) is 3.61. The maximum Gasteiger partial charge on any atom is 0.227 e. The molecule has 3 heterocycles. The molecule has 0 N–H and O–H groups in total. The summed E-state index contributed by atoms with van der Waals surface area (Å²) >= 11 is 1.72. The van der Waals surface area contributed by atoms with Gasteiger partial charge in [0.15, 0.2) is 5.82 Å². The fourth-order valence-corrected chi connectivity index (χ4v) is 6.46. The molecule has 10 heteroatoms. The average Bonchev–Trinajstić information content (AvgIpc) is 3.58. The Morgan fingerprint density at radius 2 is 1.82 bits per heavy atom. The Hall–Kier alpha value is -2.85. The van der Waals surface area contributed by atoms with Crippen LogP contribution in [0.15, 0.2) is 28.8 Å². The maximum atomic E-state index is 12.7. The van der Waals surface area contributed by atoms with E-state index in [0.717, 1.165) is 49.3 Å². The van der Waals surface area contributed by atoms with Crippen LogP contribution in [0.3, 0.4) is 0 Å². The van der Waals surface area contributed by atoms with E-state index in [0.29, 0.717) is 56.7 Å². The molecule has 9 nitrogen and oxygen atoms in total. The van der Waals surface area contributed by atoms with Crippen LogP contribution in [0.2, 0.25) is 0 Å². The van der Waals surface area contributed by atoms with Gasteiger partial charge in [0.1, 0.15) is 0 Å². The summed E-state index contributed by atoms with van der Waals surface area (Å²) in [4.78, 5) is 40.6.